The highest BCUT2D eigenvalue weighted by molar-refractivity contribution is 7.12. The van der Waals surface area contributed by atoms with Gasteiger partial charge in [-0.2, -0.15) is 0 Å². The minimum atomic E-state index is 0.0598. The summed E-state index contributed by atoms with van der Waals surface area (Å²) in [5.74, 6) is 1.76. The number of aromatic nitrogens is 2. The van der Waals surface area contributed by atoms with E-state index in [0.29, 0.717) is 12.3 Å². The van der Waals surface area contributed by atoms with E-state index < -0.39 is 0 Å². The van der Waals surface area contributed by atoms with E-state index in [9.17, 15) is 9.59 Å². The van der Waals surface area contributed by atoms with Crippen LogP contribution in [0.15, 0.2) is 23.8 Å². The summed E-state index contributed by atoms with van der Waals surface area (Å²) >= 11 is 1.42. The number of likely N-dealkylation sites (tertiary alicyclic amines) is 1. The van der Waals surface area contributed by atoms with E-state index in [4.69, 9.17) is 0 Å². The first-order chi connectivity index (χ1) is 11.0. The molecule has 1 aliphatic heterocycles. The van der Waals surface area contributed by atoms with E-state index in [1.807, 2.05) is 35.8 Å². The molecule has 0 aromatic carbocycles. The van der Waals surface area contributed by atoms with Crippen molar-refractivity contribution in [2.75, 3.05) is 13.1 Å². The van der Waals surface area contributed by atoms with Gasteiger partial charge in [0.15, 0.2) is 5.78 Å². The Morgan fingerprint density at radius 1 is 1.35 bits per heavy atom. The molecule has 0 saturated carbocycles. The molecule has 23 heavy (non-hydrogen) atoms. The standard InChI is InChI=1S/C17H21N3O2S/c1-12(21)15-9-13(11-23-15)10-16(22)20-6-3-14(4-7-20)17-18-5-8-19(17)2/h5,8-9,11,14H,3-4,6-7,10H2,1-2H3. The molecule has 0 spiro atoms. The van der Waals surface area contributed by atoms with Gasteiger partial charge in [0.05, 0.1) is 11.3 Å². The largest absolute Gasteiger partial charge is 0.342 e. The molecule has 3 heterocycles. The summed E-state index contributed by atoms with van der Waals surface area (Å²) < 4.78 is 2.07. The van der Waals surface area contributed by atoms with Crippen LogP contribution in [0.5, 0.6) is 0 Å². The van der Waals surface area contributed by atoms with Gasteiger partial charge >= 0.3 is 0 Å². The maximum atomic E-state index is 12.4. The van der Waals surface area contributed by atoms with E-state index >= 15 is 0 Å². The molecule has 1 amide bonds. The van der Waals surface area contributed by atoms with E-state index in [2.05, 4.69) is 9.55 Å². The molecule has 0 bridgehead atoms. The second-order valence-electron chi connectivity index (χ2n) is 6.10. The lowest BCUT2D eigenvalue weighted by atomic mass is 9.95. The Hall–Kier alpha value is -1.95. The summed E-state index contributed by atoms with van der Waals surface area (Å²) in [5.41, 5.74) is 0.941. The summed E-state index contributed by atoms with van der Waals surface area (Å²) in [7, 11) is 2.02. The molecule has 0 unspecified atom stereocenters. The maximum Gasteiger partial charge on any atom is 0.227 e. The number of hydrogen-bond donors (Lipinski definition) is 0. The van der Waals surface area contributed by atoms with Crippen LogP contribution in [0.1, 0.15) is 46.7 Å². The van der Waals surface area contributed by atoms with Crippen molar-refractivity contribution in [1.82, 2.24) is 14.5 Å². The lowest BCUT2D eigenvalue weighted by molar-refractivity contribution is -0.131. The van der Waals surface area contributed by atoms with Crippen LogP contribution in [0.2, 0.25) is 0 Å². The molecule has 5 nitrogen and oxygen atoms in total. The maximum absolute atomic E-state index is 12.4. The molecular weight excluding hydrogens is 310 g/mol. The van der Waals surface area contributed by atoms with Crippen LogP contribution < -0.4 is 0 Å². The van der Waals surface area contributed by atoms with Gasteiger partial charge in [0.1, 0.15) is 5.82 Å². The highest BCUT2D eigenvalue weighted by Gasteiger charge is 2.26. The van der Waals surface area contributed by atoms with Gasteiger partial charge in [0, 0.05) is 38.4 Å². The predicted octanol–water partition coefficient (Wildman–Crippen LogP) is 2.63. The number of imidazole rings is 1. The number of thiophene rings is 1. The van der Waals surface area contributed by atoms with Gasteiger partial charge in [-0.1, -0.05) is 0 Å². The number of aryl methyl sites for hydroxylation is 1. The quantitative estimate of drug-likeness (QED) is 0.809. The van der Waals surface area contributed by atoms with Gasteiger partial charge in [0.25, 0.3) is 0 Å². The minimum Gasteiger partial charge on any atom is -0.342 e. The first kappa shape index (κ1) is 15.9. The first-order valence-corrected chi connectivity index (χ1v) is 8.76. The molecular formula is C17H21N3O2S. The monoisotopic (exact) mass is 331 g/mol. The number of rotatable bonds is 4. The Balaban J connectivity index is 1.55. The van der Waals surface area contributed by atoms with Gasteiger partial charge in [-0.15, -0.1) is 11.3 Å². The predicted molar refractivity (Wildman–Crippen MR) is 89.8 cm³/mol. The second-order valence-corrected chi connectivity index (χ2v) is 7.01. The summed E-state index contributed by atoms with van der Waals surface area (Å²) in [4.78, 5) is 30.8. The topological polar surface area (TPSA) is 55.2 Å². The van der Waals surface area contributed by atoms with E-state index in [1.165, 1.54) is 11.3 Å². The molecule has 0 N–H and O–H groups in total. The molecule has 0 atom stereocenters. The Morgan fingerprint density at radius 3 is 2.65 bits per heavy atom. The number of hydrogen-bond acceptors (Lipinski definition) is 4. The van der Waals surface area contributed by atoms with Crippen molar-refractivity contribution < 1.29 is 9.59 Å². The van der Waals surface area contributed by atoms with E-state index in [0.717, 1.165) is 42.2 Å². The fourth-order valence-electron chi connectivity index (χ4n) is 3.10. The highest BCUT2D eigenvalue weighted by atomic mass is 32.1. The molecule has 1 saturated heterocycles. The number of carbonyl (C=O) groups is 2. The van der Waals surface area contributed by atoms with Crippen LogP contribution in [-0.2, 0) is 18.3 Å². The van der Waals surface area contributed by atoms with Gasteiger partial charge in [-0.25, -0.2) is 4.98 Å². The van der Waals surface area contributed by atoms with Crippen LogP contribution in [0.25, 0.3) is 0 Å². The van der Waals surface area contributed by atoms with Crippen molar-refractivity contribution in [3.05, 3.63) is 40.1 Å². The summed E-state index contributed by atoms with van der Waals surface area (Å²) in [6.07, 6.45) is 6.10. The van der Waals surface area contributed by atoms with Crippen molar-refractivity contribution >= 4 is 23.0 Å². The average molecular weight is 331 g/mol. The van der Waals surface area contributed by atoms with Gasteiger partial charge in [0.2, 0.25) is 5.91 Å². The van der Waals surface area contributed by atoms with Gasteiger partial charge in [-0.05, 0) is 36.8 Å². The van der Waals surface area contributed by atoms with E-state index in [-0.39, 0.29) is 11.7 Å². The van der Waals surface area contributed by atoms with Crippen LogP contribution in [0.3, 0.4) is 0 Å². The SMILES string of the molecule is CC(=O)c1cc(CC(=O)N2CCC(c3nccn3C)CC2)cs1. The van der Waals surface area contributed by atoms with Crippen molar-refractivity contribution in [2.45, 2.75) is 32.1 Å². The Bertz CT molecular complexity index is 711. The minimum absolute atomic E-state index is 0.0598. The van der Waals surface area contributed by atoms with E-state index in [1.54, 1.807) is 6.92 Å². The average Bonchev–Trinajstić information content (AvgIpc) is 3.16. The highest BCUT2D eigenvalue weighted by Crippen LogP contribution is 2.27. The molecule has 0 aliphatic carbocycles. The smallest absolute Gasteiger partial charge is 0.227 e. The second kappa shape index (κ2) is 6.66. The summed E-state index contributed by atoms with van der Waals surface area (Å²) in [5, 5.41) is 1.91. The lowest BCUT2D eigenvalue weighted by Gasteiger charge is -2.31. The zero-order valence-corrected chi connectivity index (χ0v) is 14.3. The summed E-state index contributed by atoms with van der Waals surface area (Å²) in [6, 6.07) is 1.84. The van der Waals surface area contributed by atoms with Crippen LogP contribution in [0.4, 0.5) is 0 Å². The number of ketones is 1. The zero-order chi connectivity index (χ0) is 16.4. The Morgan fingerprint density at radius 2 is 2.09 bits per heavy atom. The van der Waals surface area contributed by atoms with Crippen LogP contribution in [-0.4, -0.2) is 39.2 Å². The fourth-order valence-corrected chi connectivity index (χ4v) is 3.91. The number of piperidine rings is 1. The number of carbonyl (C=O) groups excluding carboxylic acids is 2. The third-order valence-corrected chi connectivity index (χ3v) is 5.51. The third-order valence-electron chi connectivity index (χ3n) is 4.43. The van der Waals surface area contributed by atoms with Crippen molar-refractivity contribution in [1.29, 1.82) is 0 Å². The van der Waals surface area contributed by atoms with Gasteiger partial charge in [-0.3, -0.25) is 9.59 Å². The van der Waals surface area contributed by atoms with Crippen LogP contribution >= 0.6 is 11.3 Å². The molecule has 122 valence electrons. The molecule has 1 fully saturated rings. The van der Waals surface area contributed by atoms with Crippen molar-refractivity contribution in [2.24, 2.45) is 7.05 Å². The molecule has 6 heteroatoms. The lowest BCUT2D eigenvalue weighted by Crippen LogP contribution is -2.39. The first-order valence-electron chi connectivity index (χ1n) is 7.88. The van der Waals surface area contributed by atoms with Crippen molar-refractivity contribution in [3.63, 3.8) is 0 Å². The van der Waals surface area contributed by atoms with Crippen LogP contribution in [0, 0.1) is 0 Å². The van der Waals surface area contributed by atoms with Crippen molar-refractivity contribution in [3.8, 4) is 0 Å². The van der Waals surface area contributed by atoms with Gasteiger partial charge < -0.3 is 9.47 Å². The number of amides is 1. The Labute approximate surface area is 139 Å². The Kier molecular flexibility index (Phi) is 4.61. The molecule has 2 aromatic rings. The molecule has 1 aliphatic rings. The zero-order valence-electron chi connectivity index (χ0n) is 13.5. The molecule has 0 radical (unpaired) electrons. The fraction of sp³-hybridized carbons (Fsp3) is 0.471. The number of nitrogens with zero attached hydrogens (tertiary/aromatic N) is 3. The number of Topliss-reactive ketones (excluding diaryl/α,β-unsaturated/α-hetero) is 1. The normalized spacial score (nSPS) is 15.8. The molecule has 3 rings (SSSR count). The third kappa shape index (κ3) is 3.52. The summed E-state index contributed by atoms with van der Waals surface area (Å²) in [6.45, 7) is 3.11. The molecule has 2 aromatic heterocycles.